The number of amides is 2. The third kappa shape index (κ3) is 3.19. The molecule has 0 spiro atoms. The van der Waals surface area contributed by atoms with E-state index in [2.05, 4.69) is 20.9 Å². The lowest BCUT2D eigenvalue weighted by molar-refractivity contribution is -0.121. The van der Waals surface area contributed by atoms with Crippen LogP contribution in [0.5, 0.6) is 0 Å². The van der Waals surface area contributed by atoms with E-state index in [4.69, 9.17) is 5.73 Å². The molecule has 1 saturated heterocycles. The smallest absolute Gasteiger partial charge is 0.251 e. The van der Waals surface area contributed by atoms with Gasteiger partial charge in [-0.1, -0.05) is 0 Å². The number of likely N-dealkylation sites (tertiary alicyclic amines) is 1. The molecule has 2 unspecified atom stereocenters. The van der Waals surface area contributed by atoms with Crippen molar-refractivity contribution in [3.63, 3.8) is 0 Å². The standard InChI is InChI=1S/C20H26N4O2S/c1-12(24-11-5-8-15(24)14-7-4-10-23(14)2)19(26)22-20-17(18(21)25)13-6-3-9-16(13)27-20/h4,7,10,12,15H,3,5-6,8-9,11H2,1-2H3,(H2,21,25)(H,22,26). The first-order chi connectivity index (χ1) is 13.0. The van der Waals surface area contributed by atoms with Crippen LogP contribution in [0.1, 0.15) is 58.7 Å². The predicted molar refractivity (Wildman–Crippen MR) is 107 cm³/mol. The Morgan fingerprint density at radius 2 is 2.15 bits per heavy atom. The van der Waals surface area contributed by atoms with E-state index >= 15 is 0 Å². The van der Waals surface area contributed by atoms with E-state index in [-0.39, 0.29) is 18.0 Å². The zero-order valence-electron chi connectivity index (χ0n) is 15.8. The van der Waals surface area contributed by atoms with Crippen LogP contribution in [-0.4, -0.2) is 33.9 Å². The minimum absolute atomic E-state index is 0.0708. The number of primary amides is 1. The number of hydrogen-bond acceptors (Lipinski definition) is 4. The third-order valence-corrected chi connectivity index (χ3v) is 7.11. The number of fused-ring (bicyclic) bond motifs is 1. The summed E-state index contributed by atoms with van der Waals surface area (Å²) in [6.45, 7) is 2.84. The molecule has 2 aromatic heterocycles. The highest BCUT2D eigenvalue weighted by Gasteiger charge is 2.35. The van der Waals surface area contributed by atoms with Crippen molar-refractivity contribution in [2.45, 2.75) is 51.1 Å². The Labute approximate surface area is 163 Å². The summed E-state index contributed by atoms with van der Waals surface area (Å²) in [4.78, 5) is 28.4. The molecule has 0 bridgehead atoms. The summed E-state index contributed by atoms with van der Waals surface area (Å²) >= 11 is 1.51. The van der Waals surface area contributed by atoms with Crippen LogP contribution in [0.3, 0.4) is 0 Å². The van der Waals surface area contributed by atoms with Crippen molar-refractivity contribution in [2.24, 2.45) is 12.8 Å². The molecule has 2 aliphatic rings. The van der Waals surface area contributed by atoms with Crippen LogP contribution in [-0.2, 0) is 24.7 Å². The van der Waals surface area contributed by atoms with Gasteiger partial charge in [0, 0.05) is 23.8 Å². The molecular formula is C20H26N4O2S. The Kier molecular flexibility index (Phi) is 4.82. The lowest BCUT2D eigenvalue weighted by Crippen LogP contribution is -2.42. The zero-order valence-corrected chi connectivity index (χ0v) is 16.6. The maximum absolute atomic E-state index is 13.0. The van der Waals surface area contributed by atoms with Crippen molar-refractivity contribution in [2.75, 3.05) is 11.9 Å². The summed E-state index contributed by atoms with van der Waals surface area (Å²) in [5.74, 6) is -0.515. The number of hydrogen-bond donors (Lipinski definition) is 2. The summed E-state index contributed by atoms with van der Waals surface area (Å²) in [6, 6.07) is 4.14. The van der Waals surface area contributed by atoms with Crippen LogP contribution in [0.4, 0.5) is 5.00 Å². The van der Waals surface area contributed by atoms with Crippen LogP contribution >= 0.6 is 11.3 Å². The lowest BCUT2D eigenvalue weighted by Gasteiger charge is -2.30. The number of rotatable bonds is 5. The van der Waals surface area contributed by atoms with Gasteiger partial charge in [-0.3, -0.25) is 14.5 Å². The van der Waals surface area contributed by atoms with E-state index in [1.165, 1.54) is 21.9 Å². The van der Waals surface area contributed by atoms with E-state index in [9.17, 15) is 9.59 Å². The Morgan fingerprint density at radius 3 is 2.85 bits per heavy atom. The minimum atomic E-state index is -0.444. The fourth-order valence-corrected chi connectivity index (χ4v) is 5.81. The number of nitrogens with one attached hydrogen (secondary N) is 1. The van der Waals surface area contributed by atoms with Crippen molar-refractivity contribution in [3.8, 4) is 0 Å². The summed E-state index contributed by atoms with van der Waals surface area (Å²) in [5.41, 5.74) is 8.41. The van der Waals surface area contributed by atoms with E-state index in [0.29, 0.717) is 10.6 Å². The molecule has 3 N–H and O–H groups in total. The minimum Gasteiger partial charge on any atom is -0.365 e. The number of aryl methyl sites for hydroxylation is 2. The molecule has 4 rings (SSSR count). The number of nitrogens with zero attached hydrogens (tertiary/aromatic N) is 2. The van der Waals surface area contributed by atoms with E-state index < -0.39 is 5.91 Å². The van der Waals surface area contributed by atoms with Gasteiger partial charge in [-0.05, 0) is 63.3 Å². The van der Waals surface area contributed by atoms with Gasteiger partial charge in [0.25, 0.3) is 5.91 Å². The average Bonchev–Trinajstić information content (AvgIpc) is 3.36. The van der Waals surface area contributed by atoms with Gasteiger partial charge in [-0.15, -0.1) is 11.3 Å². The number of anilines is 1. The second-order valence-corrected chi connectivity index (χ2v) is 8.64. The van der Waals surface area contributed by atoms with E-state index in [1.807, 2.05) is 26.2 Å². The quantitative estimate of drug-likeness (QED) is 0.829. The lowest BCUT2D eigenvalue weighted by atomic mass is 10.1. The molecule has 2 amide bonds. The SMILES string of the molecule is CC(C(=O)Nc1sc2c(c1C(N)=O)CCC2)N1CCCC1c1cccn1C. The summed E-state index contributed by atoms with van der Waals surface area (Å²) in [6.07, 6.45) is 7.06. The summed E-state index contributed by atoms with van der Waals surface area (Å²) in [7, 11) is 2.04. The highest BCUT2D eigenvalue weighted by molar-refractivity contribution is 7.17. The zero-order chi connectivity index (χ0) is 19.1. The first-order valence-corrected chi connectivity index (χ1v) is 10.4. The van der Waals surface area contributed by atoms with Gasteiger partial charge in [0.15, 0.2) is 0 Å². The topological polar surface area (TPSA) is 80.4 Å². The first kappa shape index (κ1) is 18.3. The molecule has 2 atom stereocenters. The highest BCUT2D eigenvalue weighted by atomic mass is 32.1. The van der Waals surface area contributed by atoms with Gasteiger partial charge in [0.2, 0.25) is 5.91 Å². The molecule has 0 saturated carbocycles. The van der Waals surface area contributed by atoms with Crippen molar-refractivity contribution < 1.29 is 9.59 Å². The molecule has 0 radical (unpaired) electrons. The number of thiophene rings is 1. The summed E-state index contributed by atoms with van der Waals surface area (Å²) < 4.78 is 2.13. The number of carbonyl (C=O) groups excluding carboxylic acids is 2. The van der Waals surface area contributed by atoms with Gasteiger partial charge in [-0.25, -0.2) is 0 Å². The molecule has 144 valence electrons. The van der Waals surface area contributed by atoms with Crippen molar-refractivity contribution >= 4 is 28.2 Å². The monoisotopic (exact) mass is 386 g/mol. The van der Waals surface area contributed by atoms with Crippen LogP contribution in [0.15, 0.2) is 18.3 Å². The molecule has 2 aromatic rings. The molecule has 27 heavy (non-hydrogen) atoms. The van der Waals surface area contributed by atoms with Crippen molar-refractivity contribution in [1.82, 2.24) is 9.47 Å². The third-order valence-electron chi connectivity index (χ3n) is 5.90. The van der Waals surface area contributed by atoms with Gasteiger partial charge in [0.05, 0.1) is 17.6 Å². The normalized spacial score (nSPS) is 20.6. The maximum atomic E-state index is 13.0. The first-order valence-electron chi connectivity index (χ1n) is 9.59. The van der Waals surface area contributed by atoms with E-state index in [0.717, 1.165) is 44.2 Å². The number of aromatic nitrogens is 1. The van der Waals surface area contributed by atoms with Crippen LogP contribution < -0.4 is 11.1 Å². The Balaban J connectivity index is 1.53. The summed E-state index contributed by atoms with van der Waals surface area (Å²) in [5, 5.41) is 3.63. The van der Waals surface area contributed by atoms with Gasteiger partial charge < -0.3 is 15.6 Å². The highest BCUT2D eigenvalue weighted by Crippen LogP contribution is 2.39. The Bertz CT molecular complexity index is 885. The molecular weight excluding hydrogens is 360 g/mol. The fourth-order valence-electron chi connectivity index (χ4n) is 4.51. The van der Waals surface area contributed by atoms with Gasteiger partial charge in [0.1, 0.15) is 5.00 Å². The fraction of sp³-hybridized carbons (Fsp3) is 0.500. The molecule has 3 heterocycles. The molecule has 6 nitrogen and oxygen atoms in total. The largest absolute Gasteiger partial charge is 0.365 e. The maximum Gasteiger partial charge on any atom is 0.251 e. The number of nitrogens with two attached hydrogens (primary N) is 1. The molecule has 7 heteroatoms. The number of carbonyl (C=O) groups is 2. The van der Waals surface area contributed by atoms with Crippen molar-refractivity contribution in [3.05, 3.63) is 40.0 Å². The Hall–Kier alpha value is -2.12. The predicted octanol–water partition coefficient (Wildman–Crippen LogP) is 2.84. The second-order valence-electron chi connectivity index (χ2n) is 7.53. The van der Waals surface area contributed by atoms with E-state index in [1.54, 1.807) is 0 Å². The molecule has 1 aliphatic heterocycles. The average molecular weight is 387 g/mol. The van der Waals surface area contributed by atoms with Gasteiger partial charge in [-0.2, -0.15) is 0 Å². The van der Waals surface area contributed by atoms with Crippen LogP contribution in [0.25, 0.3) is 0 Å². The molecule has 1 aliphatic carbocycles. The Morgan fingerprint density at radius 1 is 1.33 bits per heavy atom. The van der Waals surface area contributed by atoms with Crippen LogP contribution in [0, 0.1) is 0 Å². The van der Waals surface area contributed by atoms with Gasteiger partial charge >= 0.3 is 0 Å². The second kappa shape index (κ2) is 7.13. The van der Waals surface area contributed by atoms with Crippen LogP contribution in [0.2, 0.25) is 0 Å². The van der Waals surface area contributed by atoms with Crippen molar-refractivity contribution in [1.29, 1.82) is 0 Å². The molecule has 1 fully saturated rings. The molecule has 0 aromatic carbocycles.